The molecule has 1 aromatic rings. The lowest BCUT2D eigenvalue weighted by atomic mass is 10.1. The summed E-state index contributed by atoms with van der Waals surface area (Å²) in [6.07, 6.45) is 0.933. The lowest BCUT2D eigenvalue weighted by Gasteiger charge is -2.20. The van der Waals surface area contributed by atoms with Crippen molar-refractivity contribution < 1.29 is 9.53 Å². The van der Waals surface area contributed by atoms with Crippen LogP contribution in [0.15, 0.2) is 24.3 Å². The van der Waals surface area contributed by atoms with Crippen LogP contribution in [0.3, 0.4) is 0 Å². The Balaban J connectivity index is 2.72. The molecule has 0 saturated carbocycles. The molecular formula is C15H23NO2. The number of carbonyl (C=O) groups excluding carboxylic acids is 1. The second-order valence-electron chi connectivity index (χ2n) is 5.37. The molecule has 0 heterocycles. The third-order valence-corrected chi connectivity index (χ3v) is 2.43. The number of rotatable bonds is 6. The molecule has 0 saturated heterocycles. The van der Waals surface area contributed by atoms with E-state index in [4.69, 9.17) is 4.74 Å². The summed E-state index contributed by atoms with van der Waals surface area (Å²) in [5.74, 6) is 0.747. The summed E-state index contributed by atoms with van der Waals surface area (Å²) in [4.78, 5) is 12.1. The number of hydrogen-bond donors (Lipinski definition) is 1. The quantitative estimate of drug-likeness (QED) is 0.787. The van der Waals surface area contributed by atoms with E-state index >= 15 is 0 Å². The smallest absolute Gasteiger partial charge is 0.180 e. The van der Waals surface area contributed by atoms with Crippen molar-refractivity contribution in [1.82, 2.24) is 5.32 Å². The zero-order chi connectivity index (χ0) is 13.6. The second-order valence-corrected chi connectivity index (χ2v) is 5.37. The molecule has 0 atom stereocenters. The number of benzene rings is 1. The van der Waals surface area contributed by atoms with Crippen LogP contribution in [0, 0.1) is 0 Å². The van der Waals surface area contributed by atoms with E-state index in [1.165, 1.54) is 0 Å². The average molecular weight is 249 g/mol. The van der Waals surface area contributed by atoms with E-state index in [0.29, 0.717) is 24.5 Å². The zero-order valence-electron chi connectivity index (χ0n) is 11.7. The highest BCUT2D eigenvalue weighted by molar-refractivity contribution is 6.00. The largest absolute Gasteiger partial charge is 0.493 e. The number of Topliss-reactive ketones (excluding diaryl/α,β-unsaturated/α-hetero) is 1. The highest BCUT2D eigenvalue weighted by Gasteiger charge is 2.15. The maximum Gasteiger partial charge on any atom is 0.180 e. The van der Waals surface area contributed by atoms with Crippen molar-refractivity contribution >= 4 is 5.78 Å². The van der Waals surface area contributed by atoms with Crippen LogP contribution >= 0.6 is 0 Å². The molecule has 1 aromatic carbocycles. The number of ether oxygens (including phenoxy) is 1. The molecule has 1 N–H and O–H groups in total. The Bertz CT molecular complexity index is 394. The number of ketones is 1. The van der Waals surface area contributed by atoms with Gasteiger partial charge in [-0.25, -0.2) is 0 Å². The van der Waals surface area contributed by atoms with Gasteiger partial charge in [0, 0.05) is 5.54 Å². The van der Waals surface area contributed by atoms with Crippen LogP contribution in [0.25, 0.3) is 0 Å². The highest BCUT2D eigenvalue weighted by Crippen LogP contribution is 2.18. The van der Waals surface area contributed by atoms with Crippen molar-refractivity contribution in [2.24, 2.45) is 0 Å². The van der Waals surface area contributed by atoms with Crippen LogP contribution in [0.5, 0.6) is 5.75 Å². The van der Waals surface area contributed by atoms with E-state index in [0.717, 1.165) is 6.42 Å². The third kappa shape index (κ3) is 4.88. The molecule has 3 nitrogen and oxygen atoms in total. The normalized spacial score (nSPS) is 11.3. The van der Waals surface area contributed by atoms with Crippen LogP contribution in [-0.2, 0) is 0 Å². The number of nitrogens with one attached hydrogen (secondary N) is 1. The minimum absolute atomic E-state index is 0.0606. The maximum atomic E-state index is 12.1. The Labute approximate surface area is 110 Å². The van der Waals surface area contributed by atoms with Crippen LogP contribution in [0.1, 0.15) is 44.5 Å². The summed E-state index contributed by atoms with van der Waals surface area (Å²) in [6, 6.07) is 7.42. The minimum Gasteiger partial charge on any atom is -0.493 e. The van der Waals surface area contributed by atoms with Crippen LogP contribution in [-0.4, -0.2) is 24.5 Å². The maximum absolute atomic E-state index is 12.1. The summed E-state index contributed by atoms with van der Waals surface area (Å²) in [5, 5.41) is 3.20. The topological polar surface area (TPSA) is 38.3 Å². The molecule has 0 aliphatic rings. The summed E-state index contributed by atoms with van der Waals surface area (Å²) >= 11 is 0. The summed E-state index contributed by atoms with van der Waals surface area (Å²) < 4.78 is 5.59. The Morgan fingerprint density at radius 1 is 1.28 bits per heavy atom. The summed E-state index contributed by atoms with van der Waals surface area (Å²) in [6.45, 7) is 9.14. The molecule has 18 heavy (non-hydrogen) atoms. The van der Waals surface area contributed by atoms with Crippen molar-refractivity contribution in [2.45, 2.75) is 39.7 Å². The fraction of sp³-hybridized carbons (Fsp3) is 0.533. The molecule has 0 aliphatic carbocycles. The van der Waals surface area contributed by atoms with Gasteiger partial charge in [0.25, 0.3) is 0 Å². The lowest BCUT2D eigenvalue weighted by molar-refractivity contribution is 0.0978. The molecule has 0 amide bonds. The Morgan fingerprint density at radius 3 is 2.56 bits per heavy atom. The monoisotopic (exact) mass is 249 g/mol. The predicted molar refractivity (Wildman–Crippen MR) is 74.3 cm³/mol. The third-order valence-electron chi connectivity index (χ3n) is 2.43. The van der Waals surface area contributed by atoms with E-state index < -0.39 is 0 Å². The first-order valence-electron chi connectivity index (χ1n) is 6.44. The molecule has 0 radical (unpaired) electrons. The molecule has 1 rings (SSSR count). The van der Waals surface area contributed by atoms with Gasteiger partial charge in [-0.2, -0.15) is 0 Å². The Hall–Kier alpha value is -1.35. The standard InChI is InChI=1S/C15H23NO2/c1-5-10-18-14-9-7-6-8-12(14)13(17)11-16-15(2,3)4/h6-9,16H,5,10-11H2,1-4H3. The molecule has 0 fully saturated rings. The van der Waals surface area contributed by atoms with Crippen molar-refractivity contribution in [3.63, 3.8) is 0 Å². The number of hydrogen-bond acceptors (Lipinski definition) is 3. The number of para-hydroxylation sites is 1. The van der Waals surface area contributed by atoms with Gasteiger partial charge >= 0.3 is 0 Å². The number of carbonyl (C=O) groups is 1. The van der Waals surface area contributed by atoms with Crippen LogP contribution in [0.4, 0.5) is 0 Å². The van der Waals surface area contributed by atoms with Gasteiger partial charge in [-0.05, 0) is 39.3 Å². The fourth-order valence-electron chi connectivity index (χ4n) is 1.48. The lowest BCUT2D eigenvalue weighted by Crippen LogP contribution is -2.39. The molecule has 0 aromatic heterocycles. The van der Waals surface area contributed by atoms with Crippen molar-refractivity contribution in [2.75, 3.05) is 13.2 Å². The van der Waals surface area contributed by atoms with E-state index in [1.54, 1.807) is 0 Å². The molecule has 0 spiro atoms. The van der Waals surface area contributed by atoms with Crippen molar-refractivity contribution in [1.29, 1.82) is 0 Å². The van der Waals surface area contributed by atoms with Gasteiger partial charge in [0.15, 0.2) is 5.78 Å². The molecule has 0 aliphatic heterocycles. The van der Waals surface area contributed by atoms with Gasteiger partial charge in [0.05, 0.1) is 18.7 Å². The first-order chi connectivity index (χ1) is 8.44. The van der Waals surface area contributed by atoms with Gasteiger partial charge in [-0.15, -0.1) is 0 Å². The molecule has 3 heteroatoms. The first-order valence-corrected chi connectivity index (χ1v) is 6.44. The summed E-state index contributed by atoms with van der Waals surface area (Å²) in [7, 11) is 0. The Morgan fingerprint density at radius 2 is 1.94 bits per heavy atom. The van der Waals surface area contributed by atoms with Crippen LogP contribution in [0.2, 0.25) is 0 Å². The minimum atomic E-state index is -0.0606. The van der Waals surface area contributed by atoms with E-state index in [9.17, 15) is 4.79 Å². The molecule has 0 unspecified atom stereocenters. The molecule has 0 bridgehead atoms. The average Bonchev–Trinajstić information content (AvgIpc) is 2.33. The first kappa shape index (κ1) is 14.7. The van der Waals surface area contributed by atoms with E-state index in [-0.39, 0.29) is 11.3 Å². The highest BCUT2D eigenvalue weighted by atomic mass is 16.5. The van der Waals surface area contributed by atoms with E-state index in [2.05, 4.69) is 5.32 Å². The van der Waals surface area contributed by atoms with Gasteiger partial charge in [-0.3, -0.25) is 4.79 Å². The summed E-state index contributed by atoms with van der Waals surface area (Å²) in [5.41, 5.74) is 0.595. The Kier molecular flexibility index (Phi) is 5.35. The van der Waals surface area contributed by atoms with Gasteiger partial charge < -0.3 is 10.1 Å². The van der Waals surface area contributed by atoms with Crippen LogP contribution < -0.4 is 10.1 Å². The van der Waals surface area contributed by atoms with Crippen molar-refractivity contribution in [3.8, 4) is 5.75 Å². The van der Waals surface area contributed by atoms with Gasteiger partial charge in [0.2, 0.25) is 0 Å². The molecular weight excluding hydrogens is 226 g/mol. The SMILES string of the molecule is CCCOc1ccccc1C(=O)CNC(C)(C)C. The second kappa shape index (κ2) is 6.55. The fourth-order valence-corrected chi connectivity index (χ4v) is 1.48. The van der Waals surface area contributed by atoms with Crippen molar-refractivity contribution in [3.05, 3.63) is 29.8 Å². The molecule has 100 valence electrons. The predicted octanol–water partition coefficient (Wildman–Crippen LogP) is 3.05. The van der Waals surface area contributed by atoms with Gasteiger partial charge in [-0.1, -0.05) is 19.1 Å². The van der Waals surface area contributed by atoms with Gasteiger partial charge in [0.1, 0.15) is 5.75 Å². The van der Waals surface area contributed by atoms with E-state index in [1.807, 2.05) is 52.0 Å². The zero-order valence-corrected chi connectivity index (χ0v) is 11.7.